The maximum absolute atomic E-state index is 6.22. The van der Waals surface area contributed by atoms with Crippen LogP contribution in [0.3, 0.4) is 0 Å². The van der Waals surface area contributed by atoms with Gasteiger partial charge in [-0.25, -0.2) is 0 Å². The van der Waals surface area contributed by atoms with Crippen LogP contribution in [0.25, 0.3) is 10.9 Å². The summed E-state index contributed by atoms with van der Waals surface area (Å²) in [7, 11) is -1.04. The monoisotopic (exact) mass is 370 g/mol. The zero-order valence-electron chi connectivity index (χ0n) is 16.9. The molecule has 26 heavy (non-hydrogen) atoms. The number of para-hydroxylation sites is 1. The summed E-state index contributed by atoms with van der Waals surface area (Å²) in [6, 6.07) is 10.9. The molecule has 1 aromatic carbocycles. The lowest BCUT2D eigenvalue weighted by Crippen LogP contribution is -2.39. The highest BCUT2D eigenvalue weighted by molar-refractivity contribution is 6.76. The van der Waals surface area contributed by atoms with E-state index in [4.69, 9.17) is 4.74 Å². The summed E-state index contributed by atoms with van der Waals surface area (Å²) in [5.74, 6) is 0.664. The molecule has 3 heterocycles. The predicted molar refractivity (Wildman–Crippen MR) is 113 cm³/mol. The van der Waals surface area contributed by atoms with Crippen molar-refractivity contribution < 1.29 is 4.74 Å². The first-order chi connectivity index (χ1) is 12.4. The Hall–Kier alpha value is -1.10. The van der Waals surface area contributed by atoms with Crippen molar-refractivity contribution in [3.63, 3.8) is 0 Å². The molecule has 3 atom stereocenters. The molecule has 3 nitrogen and oxygen atoms in total. The Balaban J connectivity index is 1.69. The van der Waals surface area contributed by atoms with Crippen molar-refractivity contribution in [1.29, 1.82) is 0 Å². The SMILES string of the molecule is C[C@@H]1Cc2c(n(COCC[Si](C)(C)C)c3ccccc23)C2CCCN1C2. The highest BCUT2D eigenvalue weighted by atomic mass is 28.3. The third-order valence-electron chi connectivity index (χ3n) is 6.30. The molecule has 2 aromatic rings. The van der Waals surface area contributed by atoms with Crippen molar-refractivity contribution in [2.75, 3.05) is 19.7 Å². The Morgan fingerprint density at radius 3 is 2.81 bits per heavy atom. The molecule has 0 aliphatic carbocycles. The first-order valence-corrected chi connectivity index (χ1v) is 14.1. The van der Waals surface area contributed by atoms with Crippen LogP contribution in [-0.4, -0.2) is 43.3 Å². The summed E-state index contributed by atoms with van der Waals surface area (Å²) in [5.41, 5.74) is 4.54. The normalized spacial score (nSPS) is 25.9. The fourth-order valence-corrected chi connectivity index (χ4v) is 5.56. The fraction of sp³-hybridized carbons (Fsp3) is 0.636. The van der Waals surface area contributed by atoms with E-state index in [1.807, 2.05) is 0 Å². The van der Waals surface area contributed by atoms with Gasteiger partial charge in [-0.05, 0) is 50.4 Å². The van der Waals surface area contributed by atoms with Crippen molar-refractivity contribution in [3.05, 3.63) is 35.5 Å². The summed E-state index contributed by atoms with van der Waals surface area (Å²) in [6.45, 7) is 13.8. The number of rotatable bonds is 5. The van der Waals surface area contributed by atoms with Crippen LogP contribution in [-0.2, 0) is 17.9 Å². The van der Waals surface area contributed by atoms with E-state index in [0.717, 1.165) is 6.61 Å². The Morgan fingerprint density at radius 1 is 1.19 bits per heavy atom. The quantitative estimate of drug-likeness (QED) is 0.539. The zero-order chi connectivity index (χ0) is 18.3. The molecular weight excluding hydrogens is 336 g/mol. The van der Waals surface area contributed by atoms with E-state index >= 15 is 0 Å². The number of aromatic nitrogens is 1. The van der Waals surface area contributed by atoms with Crippen LogP contribution in [0.2, 0.25) is 25.7 Å². The second-order valence-electron chi connectivity index (χ2n) is 9.54. The number of benzene rings is 1. The topological polar surface area (TPSA) is 17.4 Å². The van der Waals surface area contributed by atoms with E-state index in [1.54, 1.807) is 11.3 Å². The first-order valence-electron chi connectivity index (χ1n) is 10.4. The van der Waals surface area contributed by atoms with Gasteiger partial charge in [-0.15, -0.1) is 0 Å². The lowest BCUT2D eigenvalue weighted by atomic mass is 9.93. The Kier molecular flexibility index (Phi) is 5.02. The second-order valence-corrected chi connectivity index (χ2v) is 15.2. The van der Waals surface area contributed by atoms with Gasteiger partial charge in [-0.1, -0.05) is 37.8 Å². The molecule has 2 unspecified atom stereocenters. The van der Waals surface area contributed by atoms with Crippen LogP contribution in [0, 0.1) is 0 Å². The van der Waals surface area contributed by atoms with Gasteiger partial charge in [0, 0.05) is 44.3 Å². The van der Waals surface area contributed by atoms with Gasteiger partial charge in [-0.3, -0.25) is 4.90 Å². The van der Waals surface area contributed by atoms with Gasteiger partial charge in [0.2, 0.25) is 0 Å². The third kappa shape index (κ3) is 3.51. The average molecular weight is 371 g/mol. The van der Waals surface area contributed by atoms with Crippen molar-refractivity contribution in [2.24, 2.45) is 0 Å². The van der Waals surface area contributed by atoms with Gasteiger partial charge in [0.05, 0.1) is 5.52 Å². The Labute approximate surface area is 159 Å². The second kappa shape index (κ2) is 7.14. The van der Waals surface area contributed by atoms with Crippen LogP contribution >= 0.6 is 0 Å². The van der Waals surface area contributed by atoms with Gasteiger partial charge in [0.15, 0.2) is 0 Å². The van der Waals surface area contributed by atoms with Gasteiger partial charge in [-0.2, -0.15) is 0 Å². The maximum Gasteiger partial charge on any atom is 0.123 e. The van der Waals surface area contributed by atoms with Crippen molar-refractivity contribution in [1.82, 2.24) is 9.47 Å². The van der Waals surface area contributed by atoms with E-state index < -0.39 is 8.07 Å². The zero-order valence-corrected chi connectivity index (χ0v) is 17.9. The molecule has 2 aliphatic rings. The van der Waals surface area contributed by atoms with Gasteiger partial charge in [0.1, 0.15) is 6.73 Å². The predicted octanol–water partition coefficient (Wildman–Crippen LogP) is 5.08. The minimum atomic E-state index is -1.04. The number of hydrogen-bond acceptors (Lipinski definition) is 2. The molecule has 1 fully saturated rings. The molecule has 0 radical (unpaired) electrons. The summed E-state index contributed by atoms with van der Waals surface area (Å²) in [4.78, 5) is 2.71. The van der Waals surface area contributed by atoms with Crippen LogP contribution < -0.4 is 0 Å². The van der Waals surface area contributed by atoms with E-state index in [2.05, 4.69) is 60.3 Å². The third-order valence-corrected chi connectivity index (χ3v) is 8.00. The van der Waals surface area contributed by atoms with Crippen molar-refractivity contribution >= 4 is 19.0 Å². The number of fused-ring (bicyclic) bond motifs is 6. The molecule has 0 amide bonds. The molecule has 0 spiro atoms. The lowest BCUT2D eigenvalue weighted by Gasteiger charge is -2.34. The molecule has 2 bridgehead atoms. The van der Waals surface area contributed by atoms with E-state index in [-0.39, 0.29) is 0 Å². The summed E-state index contributed by atoms with van der Waals surface area (Å²) in [5, 5.41) is 1.46. The highest BCUT2D eigenvalue weighted by Gasteiger charge is 2.34. The van der Waals surface area contributed by atoms with E-state index in [9.17, 15) is 0 Å². The minimum Gasteiger partial charge on any atom is -0.361 e. The molecule has 142 valence electrons. The smallest absolute Gasteiger partial charge is 0.123 e. The molecular formula is C22H34N2OSi. The molecule has 1 saturated heterocycles. The van der Waals surface area contributed by atoms with Gasteiger partial charge < -0.3 is 9.30 Å². The lowest BCUT2D eigenvalue weighted by molar-refractivity contribution is 0.0859. The number of ether oxygens (including phenoxy) is 1. The minimum absolute atomic E-state index is 0.645. The van der Waals surface area contributed by atoms with Crippen LogP contribution in [0.15, 0.2) is 24.3 Å². The fourth-order valence-electron chi connectivity index (χ4n) is 4.80. The van der Waals surface area contributed by atoms with Crippen molar-refractivity contribution in [3.8, 4) is 0 Å². The van der Waals surface area contributed by atoms with Crippen LogP contribution in [0.4, 0.5) is 0 Å². The van der Waals surface area contributed by atoms with Crippen LogP contribution in [0.5, 0.6) is 0 Å². The molecule has 0 saturated carbocycles. The molecule has 0 N–H and O–H groups in total. The standard InChI is InChI=1S/C22H34N2OSi/c1-17-14-20-19-9-5-6-10-21(19)24(16-25-12-13-26(2,3)4)22(20)18-8-7-11-23(17)15-18/h5-6,9-10,17-18H,7-8,11-16H2,1-4H3/t17-,18?/m1/s1. The Bertz CT molecular complexity index is 776. The maximum atomic E-state index is 6.22. The van der Waals surface area contributed by atoms with E-state index in [0.29, 0.717) is 18.7 Å². The van der Waals surface area contributed by atoms with Gasteiger partial charge in [0.25, 0.3) is 0 Å². The molecule has 4 rings (SSSR count). The first kappa shape index (κ1) is 18.3. The number of hydrogen-bond donors (Lipinski definition) is 0. The van der Waals surface area contributed by atoms with Gasteiger partial charge >= 0.3 is 0 Å². The highest BCUT2D eigenvalue weighted by Crippen LogP contribution is 2.40. The Morgan fingerprint density at radius 2 is 2.00 bits per heavy atom. The number of nitrogens with zero attached hydrogens (tertiary/aromatic N) is 2. The van der Waals surface area contributed by atoms with Crippen LogP contribution in [0.1, 0.15) is 36.9 Å². The van der Waals surface area contributed by atoms with E-state index in [1.165, 1.54) is 49.3 Å². The molecule has 4 heteroatoms. The number of piperidine rings is 1. The molecule has 1 aromatic heterocycles. The average Bonchev–Trinajstić information content (AvgIpc) is 2.87. The summed E-state index contributed by atoms with van der Waals surface area (Å²) < 4.78 is 8.73. The summed E-state index contributed by atoms with van der Waals surface area (Å²) >= 11 is 0. The molecule has 2 aliphatic heterocycles. The summed E-state index contributed by atoms with van der Waals surface area (Å²) in [6.07, 6.45) is 3.82. The largest absolute Gasteiger partial charge is 0.361 e. The van der Waals surface area contributed by atoms with Crippen molar-refractivity contribution in [2.45, 2.75) is 70.6 Å².